The van der Waals surface area contributed by atoms with Gasteiger partial charge in [0.1, 0.15) is 11.3 Å². The van der Waals surface area contributed by atoms with Crippen LogP contribution in [0.5, 0.6) is 11.6 Å². The van der Waals surface area contributed by atoms with Gasteiger partial charge in [-0.3, -0.25) is 10.1 Å². The highest BCUT2D eigenvalue weighted by Crippen LogP contribution is 2.26. The summed E-state index contributed by atoms with van der Waals surface area (Å²) in [5.41, 5.74) is -0.953. The number of ether oxygens (including phenoxy) is 1. The van der Waals surface area contributed by atoms with Crippen LogP contribution in [0, 0.1) is 10.1 Å². The number of aromatic nitrogens is 2. The summed E-state index contributed by atoms with van der Waals surface area (Å²) in [6, 6.07) is 6.53. The van der Waals surface area contributed by atoms with Crippen LogP contribution in [-0.4, -0.2) is 26.2 Å². The molecule has 2 aromatic rings. The molecule has 1 N–H and O–H groups in total. The van der Waals surface area contributed by atoms with Crippen molar-refractivity contribution in [2.24, 2.45) is 0 Å². The van der Waals surface area contributed by atoms with Gasteiger partial charge >= 0.3 is 5.97 Å². The number of nitrogens with zero attached hydrogens (tertiary/aromatic N) is 3. The van der Waals surface area contributed by atoms with E-state index in [9.17, 15) is 14.9 Å². The molecule has 96 valence electrons. The van der Waals surface area contributed by atoms with E-state index in [1.807, 2.05) is 0 Å². The van der Waals surface area contributed by atoms with Crippen LogP contribution in [0.25, 0.3) is 0 Å². The molecule has 0 saturated heterocycles. The molecule has 0 radical (unpaired) electrons. The first-order valence-corrected chi connectivity index (χ1v) is 5.05. The van der Waals surface area contributed by atoms with Crippen molar-refractivity contribution in [1.82, 2.24) is 10.2 Å². The van der Waals surface area contributed by atoms with Crippen molar-refractivity contribution in [3.8, 4) is 11.6 Å². The Labute approximate surface area is 106 Å². The molecular weight excluding hydrogens is 254 g/mol. The second-order valence-electron chi connectivity index (χ2n) is 3.41. The molecule has 8 heteroatoms. The Kier molecular flexibility index (Phi) is 3.33. The SMILES string of the molecule is O=C(O)c1cc(Oc2cccnn2)ccc1[N+](=O)[O-]. The number of hydrogen-bond acceptors (Lipinski definition) is 6. The van der Waals surface area contributed by atoms with Crippen molar-refractivity contribution in [3.05, 3.63) is 52.2 Å². The normalized spacial score (nSPS) is 9.89. The van der Waals surface area contributed by atoms with Crippen LogP contribution in [0.2, 0.25) is 0 Å². The lowest BCUT2D eigenvalue weighted by Crippen LogP contribution is -2.03. The van der Waals surface area contributed by atoms with Crippen molar-refractivity contribution in [3.63, 3.8) is 0 Å². The number of carbonyl (C=O) groups is 1. The number of benzene rings is 1. The Morgan fingerprint density at radius 2 is 2.16 bits per heavy atom. The van der Waals surface area contributed by atoms with Crippen molar-refractivity contribution in [2.45, 2.75) is 0 Å². The molecule has 2 rings (SSSR count). The summed E-state index contributed by atoms with van der Waals surface area (Å²) in [5.74, 6) is -1.12. The van der Waals surface area contributed by atoms with Crippen molar-refractivity contribution in [1.29, 1.82) is 0 Å². The highest BCUT2D eigenvalue weighted by molar-refractivity contribution is 5.92. The molecule has 0 aliphatic heterocycles. The second kappa shape index (κ2) is 5.08. The molecule has 0 amide bonds. The predicted molar refractivity (Wildman–Crippen MR) is 62.2 cm³/mol. The fraction of sp³-hybridized carbons (Fsp3) is 0. The van der Waals surface area contributed by atoms with Crippen LogP contribution in [0.15, 0.2) is 36.5 Å². The zero-order chi connectivity index (χ0) is 13.8. The lowest BCUT2D eigenvalue weighted by Gasteiger charge is -2.04. The maximum atomic E-state index is 10.9. The molecule has 0 saturated carbocycles. The largest absolute Gasteiger partial charge is 0.477 e. The Morgan fingerprint density at radius 1 is 1.37 bits per heavy atom. The van der Waals surface area contributed by atoms with E-state index in [1.165, 1.54) is 18.3 Å². The van der Waals surface area contributed by atoms with E-state index in [4.69, 9.17) is 9.84 Å². The lowest BCUT2D eigenvalue weighted by atomic mass is 10.1. The van der Waals surface area contributed by atoms with Gasteiger partial charge in [0.15, 0.2) is 0 Å². The van der Waals surface area contributed by atoms with Crippen molar-refractivity contribution in [2.75, 3.05) is 0 Å². The van der Waals surface area contributed by atoms with E-state index in [0.717, 1.165) is 12.1 Å². The van der Waals surface area contributed by atoms with Crippen molar-refractivity contribution < 1.29 is 19.6 Å². The van der Waals surface area contributed by atoms with Crippen LogP contribution in [0.1, 0.15) is 10.4 Å². The maximum Gasteiger partial charge on any atom is 0.342 e. The molecule has 0 spiro atoms. The summed E-state index contributed by atoms with van der Waals surface area (Å²) >= 11 is 0. The average Bonchev–Trinajstić information content (AvgIpc) is 2.39. The number of rotatable bonds is 4. The summed E-state index contributed by atoms with van der Waals surface area (Å²) in [6.45, 7) is 0. The van der Waals surface area contributed by atoms with Crippen LogP contribution < -0.4 is 4.74 Å². The van der Waals surface area contributed by atoms with Gasteiger partial charge in [0, 0.05) is 24.4 Å². The quantitative estimate of drug-likeness (QED) is 0.659. The monoisotopic (exact) mass is 261 g/mol. The molecule has 0 fully saturated rings. The summed E-state index contributed by atoms with van der Waals surface area (Å²) in [7, 11) is 0. The third-order valence-electron chi connectivity index (χ3n) is 2.17. The summed E-state index contributed by atoms with van der Waals surface area (Å²) in [5, 5.41) is 26.8. The first kappa shape index (κ1) is 12.4. The fourth-order valence-corrected chi connectivity index (χ4v) is 1.37. The minimum Gasteiger partial charge on any atom is -0.477 e. The van der Waals surface area contributed by atoms with Gasteiger partial charge in [0.25, 0.3) is 5.69 Å². The van der Waals surface area contributed by atoms with Gasteiger partial charge in [-0.2, -0.15) is 5.10 Å². The van der Waals surface area contributed by atoms with E-state index >= 15 is 0 Å². The predicted octanol–water partition coefficient (Wildman–Crippen LogP) is 1.88. The number of aromatic carboxylic acids is 1. The smallest absolute Gasteiger partial charge is 0.342 e. The van der Waals surface area contributed by atoms with Gasteiger partial charge < -0.3 is 9.84 Å². The fourth-order valence-electron chi connectivity index (χ4n) is 1.37. The molecule has 1 aromatic carbocycles. The molecule has 0 unspecified atom stereocenters. The van der Waals surface area contributed by atoms with E-state index in [-0.39, 0.29) is 11.6 Å². The highest BCUT2D eigenvalue weighted by atomic mass is 16.6. The molecule has 0 aliphatic rings. The minimum atomic E-state index is -1.41. The zero-order valence-corrected chi connectivity index (χ0v) is 9.39. The zero-order valence-electron chi connectivity index (χ0n) is 9.39. The van der Waals surface area contributed by atoms with Gasteiger partial charge in [0.2, 0.25) is 5.88 Å². The van der Waals surface area contributed by atoms with E-state index in [0.29, 0.717) is 0 Å². The third-order valence-corrected chi connectivity index (χ3v) is 2.17. The molecule has 1 aromatic heterocycles. The van der Waals surface area contributed by atoms with Gasteiger partial charge in [-0.15, -0.1) is 5.10 Å². The molecule has 1 heterocycles. The van der Waals surface area contributed by atoms with Crippen LogP contribution in [-0.2, 0) is 0 Å². The summed E-state index contributed by atoms with van der Waals surface area (Å²) in [4.78, 5) is 20.8. The van der Waals surface area contributed by atoms with Crippen LogP contribution in [0.3, 0.4) is 0 Å². The average molecular weight is 261 g/mol. The molecule has 19 heavy (non-hydrogen) atoms. The molecule has 0 atom stereocenters. The summed E-state index contributed by atoms with van der Waals surface area (Å²) < 4.78 is 5.24. The molecule has 0 bridgehead atoms. The van der Waals surface area contributed by atoms with Gasteiger partial charge in [0.05, 0.1) is 4.92 Å². The van der Waals surface area contributed by atoms with E-state index in [2.05, 4.69) is 10.2 Å². The first-order valence-electron chi connectivity index (χ1n) is 5.05. The van der Waals surface area contributed by atoms with E-state index in [1.54, 1.807) is 6.07 Å². The minimum absolute atomic E-state index is 0.128. The van der Waals surface area contributed by atoms with Gasteiger partial charge in [-0.25, -0.2) is 4.79 Å². The molecular formula is C11H7N3O5. The molecule has 0 aliphatic carbocycles. The van der Waals surface area contributed by atoms with E-state index < -0.39 is 22.1 Å². The number of carboxylic acids is 1. The Bertz CT molecular complexity index is 629. The first-order chi connectivity index (χ1) is 9.08. The van der Waals surface area contributed by atoms with Gasteiger partial charge in [-0.05, 0) is 12.1 Å². The Morgan fingerprint density at radius 3 is 2.74 bits per heavy atom. The van der Waals surface area contributed by atoms with Gasteiger partial charge in [-0.1, -0.05) is 0 Å². The van der Waals surface area contributed by atoms with Crippen molar-refractivity contribution >= 4 is 11.7 Å². The topological polar surface area (TPSA) is 115 Å². The second-order valence-corrected chi connectivity index (χ2v) is 3.41. The standard InChI is InChI=1S/C11H7N3O5/c15-11(16)8-6-7(3-4-9(8)14(17)18)19-10-2-1-5-12-13-10/h1-6H,(H,15,16). The molecule has 8 nitrogen and oxygen atoms in total. The Balaban J connectivity index is 2.36. The number of carboxylic acid groups (broad SMARTS) is 1. The number of hydrogen-bond donors (Lipinski definition) is 1. The summed E-state index contributed by atoms with van der Waals surface area (Å²) in [6.07, 6.45) is 1.45. The highest BCUT2D eigenvalue weighted by Gasteiger charge is 2.20. The maximum absolute atomic E-state index is 10.9. The lowest BCUT2D eigenvalue weighted by molar-refractivity contribution is -0.385. The number of nitro benzene ring substituents is 1. The Hall–Kier alpha value is -3.03. The van der Waals surface area contributed by atoms with Crippen LogP contribution in [0.4, 0.5) is 5.69 Å². The number of nitro groups is 1. The van der Waals surface area contributed by atoms with Crippen LogP contribution >= 0.6 is 0 Å². The third kappa shape index (κ3) is 2.80.